The molecule has 4 aromatic rings. The number of anilines is 1. The van der Waals surface area contributed by atoms with Gasteiger partial charge in [-0.25, -0.2) is 36.7 Å². The summed E-state index contributed by atoms with van der Waals surface area (Å²) in [6.07, 6.45) is 2.21. The molecule has 0 unspecified atom stereocenters. The fourth-order valence-electron chi connectivity index (χ4n) is 4.40. The number of benzene rings is 1. The van der Waals surface area contributed by atoms with Crippen molar-refractivity contribution in [2.24, 2.45) is 5.14 Å². The van der Waals surface area contributed by atoms with Gasteiger partial charge in [-0.15, -0.1) is 10.2 Å². The van der Waals surface area contributed by atoms with Gasteiger partial charge in [-0.3, -0.25) is 9.55 Å². The van der Waals surface area contributed by atoms with E-state index in [1.807, 2.05) is 0 Å². The number of para-hydroxylation sites is 1. The highest BCUT2D eigenvalue weighted by Crippen LogP contribution is 2.41. The van der Waals surface area contributed by atoms with Crippen LogP contribution in [0.4, 0.5) is 5.95 Å². The molecule has 0 saturated carbocycles. The molecule has 0 spiro atoms. The molecule has 0 radical (unpaired) electrons. The second-order valence-electron chi connectivity index (χ2n) is 10.3. The van der Waals surface area contributed by atoms with Gasteiger partial charge in [0.1, 0.15) is 23.3 Å². The predicted molar refractivity (Wildman–Crippen MR) is 165 cm³/mol. The molecule has 0 aliphatic rings. The zero-order valence-corrected chi connectivity index (χ0v) is 27.2. The minimum absolute atomic E-state index is 0.0924. The summed E-state index contributed by atoms with van der Waals surface area (Å²) in [6.45, 7) is 2.80. The van der Waals surface area contributed by atoms with Crippen LogP contribution in [0.3, 0.4) is 0 Å². The number of nitrogens with two attached hydrogens (primary N) is 1. The van der Waals surface area contributed by atoms with Crippen LogP contribution in [0.1, 0.15) is 30.0 Å². The largest absolute Gasteiger partial charge is 0.494 e. The summed E-state index contributed by atoms with van der Waals surface area (Å²) in [6, 6.07) is 6.56. The van der Waals surface area contributed by atoms with Crippen LogP contribution >= 0.6 is 0 Å². The molecular weight excluding hydrogens is 644 g/mol. The molecular formula is C27H34N8O9S2. The first kappa shape index (κ1) is 34.6. The predicted octanol–water partition coefficient (Wildman–Crippen LogP) is 0.611. The van der Waals surface area contributed by atoms with Gasteiger partial charge in [-0.1, -0.05) is 6.07 Å². The molecule has 0 aliphatic heterocycles. The summed E-state index contributed by atoms with van der Waals surface area (Å²) in [5.74, 6) is -0.314. The Morgan fingerprint density at radius 3 is 2.17 bits per heavy atom. The van der Waals surface area contributed by atoms with E-state index in [0.717, 1.165) is 12.5 Å². The quantitative estimate of drug-likeness (QED) is 0.143. The number of rotatable bonds is 14. The fraction of sp³-hybridized carbons (Fsp3) is 0.370. The van der Waals surface area contributed by atoms with E-state index in [1.165, 1.54) is 37.4 Å². The fourth-order valence-corrected chi connectivity index (χ4v) is 7.25. The highest BCUT2D eigenvalue weighted by Gasteiger charge is 2.59. The zero-order chi connectivity index (χ0) is 33.9. The number of aliphatic hydroxyl groups is 2. The van der Waals surface area contributed by atoms with Crippen LogP contribution in [0, 0.1) is 13.8 Å². The molecule has 0 aliphatic carbocycles. The van der Waals surface area contributed by atoms with Crippen LogP contribution in [0.2, 0.25) is 0 Å². The van der Waals surface area contributed by atoms with Crippen molar-refractivity contribution in [2.45, 2.75) is 37.1 Å². The number of aromatic nitrogens is 6. The van der Waals surface area contributed by atoms with Crippen molar-refractivity contribution in [3.8, 4) is 28.6 Å². The Morgan fingerprint density at radius 1 is 1.00 bits per heavy atom. The van der Waals surface area contributed by atoms with Gasteiger partial charge in [0.15, 0.2) is 17.8 Å². The number of sulfonamides is 2. The lowest BCUT2D eigenvalue weighted by molar-refractivity contribution is -0.0366. The number of aliphatic hydroxyl groups excluding tert-OH is 2. The number of methoxy groups -OCH3 is 2. The summed E-state index contributed by atoms with van der Waals surface area (Å²) >= 11 is 0. The molecule has 3 atom stereocenters. The monoisotopic (exact) mass is 678 g/mol. The maximum absolute atomic E-state index is 14.4. The highest BCUT2D eigenvalue weighted by atomic mass is 32.3. The molecule has 19 heteroatoms. The Kier molecular flexibility index (Phi) is 10.2. The summed E-state index contributed by atoms with van der Waals surface area (Å²) in [4.78, 5) is 12.4. The number of primary sulfonamides is 1. The number of nitrogens with zero attached hydrogens (tertiary/aromatic N) is 6. The van der Waals surface area contributed by atoms with Gasteiger partial charge in [-0.2, -0.15) is 0 Å². The lowest BCUT2D eigenvalue weighted by Crippen LogP contribution is -2.55. The number of hydrogen-bond donors (Lipinski definition) is 4. The van der Waals surface area contributed by atoms with Crippen LogP contribution in [-0.2, 0) is 24.8 Å². The van der Waals surface area contributed by atoms with E-state index in [0.29, 0.717) is 11.1 Å². The number of ether oxygens (including phenoxy) is 3. The van der Waals surface area contributed by atoms with Gasteiger partial charge in [0.25, 0.3) is 10.0 Å². The van der Waals surface area contributed by atoms with Crippen molar-refractivity contribution in [2.75, 3.05) is 32.2 Å². The third kappa shape index (κ3) is 6.64. The third-order valence-corrected chi connectivity index (χ3v) is 11.4. The Balaban J connectivity index is 1.98. The van der Waals surface area contributed by atoms with Crippen LogP contribution < -0.4 is 19.3 Å². The Hall–Kier alpha value is -4.27. The van der Waals surface area contributed by atoms with Crippen molar-refractivity contribution < 1.29 is 41.3 Å². The first-order valence-corrected chi connectivity index (χ1v) is 16.5. The minimum Gasteiger partial charge on any atom is -0.494 e. The SMILES string of the molecule is COc1cccc(OC)c1-n1c(NS(=O)(=O)[C@](C)([C@@H](OC[C@H](O)CO)c2ncc(C)cn2)S(N)(=O)=O)nnc1-c1cncc(C)c1. The third-order valence-electron chi connectivity index (χ3n) is 6.92. The average Bonchev–Trinajstić information content (AvgIpc) is 3.42. The maximum Gasteiger partial charge on any atom is 0.259 e. The highest BCUT2D eigenvalue weighted by molar-refractivity contribution is 8.10. The topological polar surface area (TPSA) is 244 Å². The molecule has 4 rings (SSSR count). The number of aryl methyl sites for hydroxylation is 2. The van der Waals surface area contributed by atoms with E-state index in [1.54, 1.807) is 44.3 Å². The van der Waals surface area contributed by atoms with Crippen molar-refractivity contribution in [1.82, 2.24) is 29.7 Å². The van der Waals surface area contributed by atoms with Gasteiger partial charge < -0.3 is 24.4 Å². The van der Waals surface area contributed by atoms with E-state index in [9.17, 15) is 27.0 Å². The summed E-state index contributed by atoms with van der Waals surface area (Å²) in [7, 11) is -7.57. The standard InChI is InChI=1S/C27H34N8O9S2/c1-16-9-18(13-29-10-16)25-32-33-26(35(25)22-20(42-4)7-6-8-21(22)43-5)34-46(40,41)27(3,45(28,38)39)23(44-15-19(37)14-36)24-30-11-17(2)12-31-24/h6-13,19,23,36-37H,14-15H2,1-5H3,(H,33,34)(H2,28,38,39)/t19-,23+,27-/m1/s1. The van der Waals surface area contributed by atoms with Gasteiger partial charge in [-0.05, 0) is 50.1 Å². The van der Waals surface area contributed by atoms with Crippen LogP contribution in [0.15, 0.2) is 49.1 Å². The Labute approximate surface area is 265 Å². The van der Waals surface area contributed by atoms with E-state index in [-0.39, 0.29) is 28.8 Å². The van der Waals surface area contributed by atoms with Crippen molar-refractivity contribution in [3.63, 3.8) is 0 Å². The molecule has 46 heavy (non-hydrogen) atoms. The van der Waals surface area contributed by atoms with Crippen LogP contribution in [-0.4, -0.2) is 94.4 Å². The number of pyridine rings is 1. The summed E-state index contributed by atoms with van der Waals surface area (Å²) in [5.41, 5.74) is 1.93. The normalized spacial score (nSPS) is 14.7. The molecule has 248 valence electrons. The van der Waals surface area contributed by atoms with Crippen LogP contribution in [0.5, 0.6) is 11.5 Å². The number of hydrogen-bond acceptors (Lipinski definition) is 14. The lowest BCUT2D eigenvalue weighted by Gasteiger charge is -2.34. The van der Waals surface area contributed by atoms with Gasteiger partial charge in [0, 0.05) is 30.4 Å². The van der Waals surface area contributed by atoms with Crippen molar-refractivity contribution in [3.05, 3.63) is 66.0 Å². The molecule has 5 N–H and O–H groups in total. The van der Waals surface area contributed by atoms with E-state index in [4.69, 9.17) is 19.3 Å². The molecule has 0 saturated heterocycles. The lowest BCUT2D eigenvalue weighted by atomic mass is 10.2. The smallest absolute Gasteiger partial charge is 0.259 e. The second-order valence-corrected chi connectivity index (χ2v) is 14.5. The Bertz CT molecular complexity index is 1880. The molecule has 0 fully saturated rings. The van der Waals surface area contributed by atoms with E-state index < -0.39 is 55.5 Å². The molecule has 17 nitrogen and oxygen atoms in total. The summed E-state index contributed by atoms with van der Waals surface area (Å²) < 4.78 is 72.6. The molecule has 0 bridgehead atoms. The maximum atomic E-state index is 14.4. The number of nitrogens with one attached hydrogen (secondary N) is 1. The molecule has 1 aromatic carbocycles. The first-order chi connectivity index (χ1) is 21.7. The van der Waals surface area contributed by atoms with E-state index in [2.05, 4.69) is 29.9 Å². The van der Waals surface area contributed by atoms with Gasteiger partial charge in [0.2, 0.25) is 20.1 Å². The second kappa shape index (κ2) is 13.6. The molecule has 0 amide bonds. The molecule has 3 aromatic heterocycles. The van der Waals surface area contributed by atoms with Crippen molar-refractivity contribution in [1.29, 1.82) is 0 Å². The minimum atomic E-state index is -5.22. The van der Waals surface area contributed by atoms with E-state index >= 15 is 0 Å². The van der Waals surface area contributed by atoms with Crippen LogP contribution in [0.25, 0.3) is 17.1 Å². The van der Waals surface area contributed by atoms with Crippen molar-refractivity contribution >= 4 is 26.0 Å². The summed E-state index contributed by atoms with van der Waals surface area (Å²) in [5, 5.41) is 33.2. The molecule has 3 heterocycles. The zero-order valence-electron chi connectivity index (χ0n) is 25.5. The Morgan fingerprint density at radius 2 is 1.63 bits per heavy atom. The van der Waals surface area contributed by atoms with Gasteiger partial charge in [0.05, 0.1) is 27.4 Å². The first-order valence-electron chi connectivity index (χ1n) is 13.5. The average molecular weight is 679 g/mol. The van der Waals surface area contributed by atoms with Gasteiger partial charge >= 0.3 is 0 Å².